The number of nitrogens with one attached hydrogen (secondary N) is 2. The number of carbonyl (C=O) groups excluding carboxylic acids is 4. The van der Waals surface area contributed by atoms with Gasteiger partial charge >= 0.3 is 28.6 Å². The van der Waals surface area contributed by atoms with Gasteiger partial charge in [-0.3, -0.25) is 9.59 Å². The lowest BCUT2D eigenvalue weighted by Crippen LogP contribution is -2.53. The minimum atomic E-state index is -4.74. The van der Waals surface area contributed by atoms with E-state index in [-0.39, 0.29) is 25.1 Å². The lowest BCUT2D eigenvalue weighted by molar-refractivity contribution is -0.158. The third-order valence-corrected chi connectivity index (χ3v) is 7.78. The molecule has 0 aromatic carbocycles. The summed E-state index contributed by atoms with van der Waals surface area (Å²) >= 11 is 0. The van der Waals surface area contributed by atoms with E-state index in [1.165, 1.54) is 18.7 Å². The first kappa shape index (κ1) is 28.3. The minimum absolute atomic E-state index is 0.0280. The fourth-order valence-corrected chi connectivity index (χ4v) is 5.53. The van der Waals surface area contributed by atoms with Gasteiger partial charge in [-0.15, -0.1) is 4.28 Å². The van der Waals surface area contributed by atoms with Crippen LogP contribution in [-0.4, -0.2) is 106 Å². The number of hydrogen-bond acceptors (Lipinski definition) is 12. The summed E-state index contributed by atoms with van der Waals surface area (Å²) in [6.45, 7) is 5.22. The van der Waals surface area contributed by atoms with Crippen molar-refractivity contribution < 1.29 is 50.3 Å². The molecule has 4 fully saturated rings. The molecule has 38 heavy (non-hydrogen) atoms. The standard InChI is InChI=1S/C22H34N4O11S/c1-13-17(36-21(30)35-13)11-33-19(28)22(2,3)12-34-38(31,32)37-26-15-4-5-16(25(10-15)20(26)29)18(27)24-14-6-8-23-9-7-14/h13-17,23H,4-12H2,1-3H3,(H,24,27). The molecule has 15 nitrogen and oxygen atoms in total. The number of esters is 1. The second-order valence-corrected chi connectivity index (χ2v) is 11.7. The smallest absolute Gasteiger partial charge is 0.461 e. The number of piperidine rings is 2. The third-order valence-electron chi connectivity index (χ3n) is 7.03. The highest BCUT2D eigenvalue weighted by Gasteiger charge is 2.50. The average Bonchev–Trinajstić information content (AvgIpc) is 3.31. The Hall–Kier alpha value is -2.69. The second-order valence-electron chi connectivity index (χ2n) is 10.5. The van der Waals surface area contributed by atoms with Crippen LogP contribution >= 0.6 is 0 Å². The predicted molar refractivity (Wildman–Crippen MR) is 126 cm³/mol. The van der Waals surface area contributed by atoms with Gasteiger partial charge in [-0.2, -0.15) is 13.5 Å². The van der Waals surface area contributed by atoms with Crippen molar-refractivity contribution in [3.8, 4) is 0 Å². The lowest BCUT2D eigenvalue weighted by Gasteiger charge is -2.32. The third kappa shape index (κ3) is 6.47. The maximum Gasteiger partial charge on any atom is 0.509 e. The van der Waals surface area contributed by atoms with Crippen LogP contribution in [0.3, 0.4) is 0 Å². The molecule has 0 saturated carbocycles. The van der Waals surface area contributed by atoms with Gasteiger partial charge in [0.05, 0.1) is 18.1 Å². The number of amides is 3. The molecular formula is C22H34N4O11S. The molecule has 4 rings (SSSR count). The number of cyclic esters (lactones) is 2. The zero-order valence-corrected chi connectivity index (χ0v) is 22.4. The molecule has 4 aliphatic heterocycles. The molecule has 0 aromatic heterocycles. The van der Waals surface area contributed by atoms with Crippen LogP contribution < -0.4 is 10.6 Å². The van der Waals surface area contributed by atoms with E-state index in [0.29, 0.717) is 17.9 Å². The Balaban J connectivity index is 1.27. The van der Waals surface area contributed by atoms with E-state index in [0.717, 1.165) is 25.9 Å². The first-order valence-corrected chi connectivity index (χ1v) is 13.9. The maximum atomic E-state index is 12.9. The van der Waals surface area contributed by atoms with Gasteiger partial charge in [0.15, 0.2) is 6.10 Å². The van der Waals surface area contributed by atoms with E-state index in [1.807, 2.05) is 0 Å². The molecule has 2 N–H and O–H groups in total. The van der Waals surface area contributed by atoms with Crippen molar-refractivity contribution in [1.82, 2.24) is 20.6 Å². The van der Waals surface area contributed by atoms with Gasteiger partial charge in [0.2, 0.25) is 5.91 Å². The summed E-state index contributed by atoms with van der Waals surface area (Å²) in [5, 5.41) is 6.92. The Morgan fingerprint density at radius 2 is 1.84 bits per heavy atom. The summed E-state index contributed by atoms with van der Waals surface area (Å²) < 4.78 is 49.8. The largest absolute Gasteiger partial charge is 0.509 e. The van der Waals surface area contributed by atoms with E-state index < -0.39 is 64.9 Å². The highest BCUT2D eigenvalue weighted by atomic mass is 32.3. The molecule has 0 aliphatic carbocycles. The van der Waals surface area contributed by atoms with E-state index in [9.17, 15) is 27.6 Å². The summed E-state index contributed by atoms with van der Waals surface area (Å²) in [7, 11) is -4.74. The van der Waals surface area contributed by atoms with Crippen LogP contribution in [0.15, 0.2) is 0 Å². The number of rotatable bonds is 10. The van der Waals surface area contributed by atoms with E-state index in [2.05, 4.69) is 10.6 Å². The Morgan fingerprint density at radius 1 is 1.13 bits per heavy atom. The van der Waals surface area contributed by atoms with Crippen molar-refractivity contribution in [1.29, 1.82) is 0 Å². The first-order valence-electron chi connectivity index (χ1n) is 12.6. The van der Waals surface area contributed by atoms with Crippen molar-refractivity contribution in [2.75, 3.05) is 32.8 Å². The van der Waals surface area contributed by atoms with Crippen LogP contribution in [-0.2, 0) is 42.7 Å². The number of ether oxygens (including phenoxy) is 3. The van der Waals surface area contributed by atoms with Crippen LogP contribution in [0.25, 0.3) is 0 Å². The van der Waals surface area contributed by atoms with Gasteiger partial charge in [-0.25, -0.2) is 13.8 Å². The lowest BCUT2D eigenvalue weighted by atomic mass is 9.95. The number of hydroxylamine groups is 2. The van der Waals surface area contributed by atoms with Crippen molar-refractivity contribution >= 4 is 34.5 Å². The highest BCUT2D eigenvalue weighted by molar-refractivity contribution is 7.81. The second kappa shape index (κ2) is 11.2. The summed E-state index contributed by atoms with van der Waals surface area (Å²) in [6, 6.07) is -2.00. The Bertz CT molecular complexity index is 1050. The normalized spacial score (nSPS) is 28.2. The molecule has 2 bridgehead atoms. The fourth-order valence-electron chi connectivity index (χ4n) is 4.66. The molecule has 4 saturated heterocycles. The van der Waals surface area contributed by atoms with Gasteiger partial charge in [-0.05, 0) is 59.5 Å². The molecule has 4 heterocycles. The fraction of sp³-hybridized carbons (Fsp3) is 0.818. The molecule has 0 aromatic rings. The molecule has 16 heteroatoms. The Labute approximate surface area is 220 Å². The van der Waals surface area contributed by atoms with E-state index in [1.54, 1.807) is 6.92 Å². The van der Waals surface area contributed by atoms with Crippen LogP contribution in [0.1, 0.15) is 46.5 Å². The maximum absolute atomic E-state index is 12.9. The summed E-state index contributed by atoms with van der Waals surface area (Å²) in [5.41, 5.74) is -1.42. The van der Waals surface area contributed by atoms with Crippen LogP contribution in [0, 0.1) is 5.41 Å². The number of nitrogens with zero attached hydrogens (tertiary/aromatic N) is 2. The topological polar surface area (TPSA) is 179 Å². The minimum Gasteiger partial charge on any atom is -0.461 e. The van der Waals surface area contributed by atoms with Gasteiger partial charge in [0.1, 0.15) is 18.8 Å². The molecule has 0 radical (unpaired) electrons. The molecule has 214 valence electrons. The van der Waals surface area contributed by atoms with Crippen molar-refractivity contribution in [2.24, 2.45) is 5.41 Å². The van der Waals surface area contributed by atoms with Crippen LogP contribution in [0.2, 0.25) is 0 Å². The molecule has 4 unspecified atom stereocenters. The average molecular weight is 563 g/mol. The highest BCUT2D eigenvalue weighted by Crippen LogP contribution is 2.31. The summed E-state index contributed by atoms with van der Waals surface area (Å²) in [6.07, 6.45) is 0.0792. The van der Waals surface area contributed by atoms with Gasteiger partial charge in [-0.1, -0.05) is 0 Å². The number of fused-ring (bicyclic) bond motifs is 2. The van der Waals surface area contributed by atoms with Crippen LogP contribution in [0.4, 0.5) is 9.59 Å². The first-order chi connectivity index (χ1) is 17.9. The SMILES string of the molecule is CC1OC(=O)OC1COC(=O)C(C)(C)COS(=O)(=O)ON1C(=O)N2CC1CCC2C(=O)NC1CCNCC1. The zero-order chi connectivity index (χ0) is 27.7. The van der Waals surface area contributed by atoms with Crippen molar-refractivity contribution in [3.05, 3.63) is 0 Å². The number of urea groups is 1. The van der Waals surface area contributed by atoms with Crippen molar-refractivity contribution in [3.63, 3.8) is 0 Å². The zero-order valence-electron chi connectivity index (χ0n) is 21.5. The molecular weight excluding hydrogens is 528 g/mol. The number of hydrogen-bond donors (Lipinski definition) is 2. The summed E-state index contributed by atoms with van der Waals surface area (Å²) in [5.74, 6) is -1.07. The quantitative estimate of drug-likeness (QED) is 0.336. The predicted octanol–water partition coefficient (Wildman–Crippen LogP) is -0.190. The molecule has 3 amide bonds. The van der Waals surface area contributed by atoms with Gasteiger partial charge in [0.25, 0.3) is 0 Å². The monoisotopic (exact) mass is 562 g/mol. The summed E-state index contributed by atoms with van der Waals surface area (Å²) in [4.78, 5) is 50.7. The molecule has 4 aliphatic rings. The van der Waals surface area contributed by atoms with Gasteiger partial charge < -0.3 is 29.7 Å². The molecule has 4 atom stereocenters. The van der Waals surface area contributed by atoms with Gasteiger partial charge in [0, 0.05) is 12.6 Å². The molecule has 0 spiro atoms. The van der Waals surface area contributed by atoms with E-state index >= 15 is 0 Å². The van der Waals surface area contributed by atoms with Crippen LogP contribution in [0.5, 0.6) is 0 Å². The van der Waals surface area contributed by atoms with Crippen molar-refractivity contribution in [2.45, 2.75) is 76.8 Å². The Morgan fingerprint density at radius 3 is 2.50 bits per heavy atom. The van der Waals surface area contributed by atoms with E-state index in [4.69, 9.17) is 22.7 Å². The Kier molecular flexibility index (Phi) is 8.34. The number of carbonyl (C=O) groups is 4.